The number of carbonyl (C=O) groups is 1. The van der Waals surface area contributed by atoms with Crippen molar-refractivity contribution in [2.75, 3.05) is 5.73 Å². The Morgan fingerprint density at radius 2 is 2.10 bits per heavy atom. The Hall–Kier alpha value is -4.17. The maximum atomic E-state index is 13.7. The van der Waals surface area contributed by atoms with Crippen LogP contribution in [0.5, 0.6) is 11.5 Å². The third-order valence-electron chi connectivity index (χ3n) is 4.37. The molecule has 2 heterocycles. The summed E-state index contributed by atoms with van der Waals surface area (Å²) in [6, 6.07) is 7.11. The van der Waals surface area contributed by atoms with Crippen LogP contribution in [0.1, 0.15) is 34.8 Å². The monoisotopic (exact) mass is 412 g/mol. The van der Waals surface area contributed by atoms with Gasteiger partial charge in [0.1, 0.15) is 23.7 Å². The summed E-state index contributed by atoms with van der Waals surface area (Å²) in [5.41, 5.74) is 6.28. The minimum absolute atomic E-state index is 0.0106. The van der Waals surface area contributed by atoms with E-state index in [9.17, 15) is 19.6 Å². The molecule has 2 aromatic heterocycles. The molecule has 11 heteroatoms. The minimum Gasteiger partial charge on any atom is -0.482 e. The average molecular weight is 412 g/mol. The molecule has 0 saturated carbocycles. The van der Waals surface area contributed by atoms with Gasteiger partial charge in [0.05, 0.1) is 5.56 Å². The highest BCUT2D eigenvalue weighted by molar-refractivity contribution is 5.95. The normalized spacial score (nSPS) is 11.6. The molecule has 5 N–H and O–H groups in total. The molecule has 0 aliphatic rings. The fourth-order valence-corrected chi connectivity index (χ4v) is 2.96. The first kappa shape index (κ1) is 20.6. The summed E-state index contributed by atoms with van der Waals surface area (Å²) in [4.78, 5) is 20.4. The van der Waals surface area contributed by atoms with Crippen LogP contribution in [0, 0.1) is 17.1 Å². The van der Waals surface area contributed by atoms with Gasteiger partial charge in [-0.05, 0) is 31.2 Å². The number of halogens is 1. The predicted octanol–water partition coefficient (Wildman–Crippen LogP) is 2.17. The summed E-state index contributed by atoms with van der Waals surface area (Å²) in [6.45, 7) is 1.62. The van der Waals surface area contributed by atoms with Crippen molar-refractivity contribution in [3.8, 4) is 28.7 Å². The molecule has 0 aliphatic carbocycles. The van der Waals surface area contributed by atoms with Crippen LogP contribution in [0.2, 0.25) is 0 Å². The maximum Gasteiger partial charge on any atom is 0.357 e. The average Bonchev–Trinajstić information content (AvgIpc) is 3.06. The highest BCUT2D eigenvalue weighted by Gasteiger charge is 2.24. The molecule has 0 radical (unpaired) electrons. The van der Waals surface area contributed by atoms with Gasteiger partial charge < -0.3 is 20.4 Å². The Bertz CT molecular complexity index is 1170. The number of nitrogens with zero attached hydrogens (tertiary/aromatic N) is 4. The summed E-state index contributed by atoms with van der Waals surface area (Å²) in [5.74, 6) is 3.72. The van der Waals surface area contributed by atoms with Gasteiger partial charge in [0.15, 0.2) is 23.0 Å². The zero-order valence-corrected chi connectivity index (χ0v) is 16.0. The van der Waals surface area contributed by atoms with E-state index in [1.807, 2.05) is 6.07 Å². The molecule has 10 nitrogen and oxygen atoms in total. The number of benzene rings is 1. The summed E-state index contributed by atoms with van der Waals surface area (Å²) < 4.78 is 20.7. The summed E-state index contributed by atoms with van der Waals surface area (Å²) in [7, 11) is 1.46. The number of hydrogen-bond donors (Lipinski definition) is 3. The van der Waals surface area contributed by atoms with Crippen LogP contribution in [-0.4, -0.2) is 25.8 Å². The highest BCUT2D eigenvalue weighted by atomic mass is 19.1. The third kappa shape index (κ3) is 3.71. The van der Waals surface area contributed by atoms with Gasteiger partial charge in [-0.25, -0.2) is 14.2 Å². The van der Waals surface area contributed by atoms with E-state index in [1.165, 1.54) is 37.5 Å². The van der Waals surface area contributed by atoms with Crippen LogP contribution < -0.4 is 21.2 Å². The van der Waals surface area contributed by atoms with E-state index >= 15 is 0 Å². The van der Waals surface area contributed by atoms with Gasteiger partial charge in [-0.2, -0.15) is 16.3 Å². The first-order valence-electron chi connectivity index (χ1n) is 8.55. The zero-order chi connectivity index (χ0) is 22.0. The number of aromatic nitrogens is 3. The second-order valence-corrected chi connectivity index (χ2v) is 6.28. The fraction of sp³-hybridized carbons (Fsp3) is 0.158. The molecule has 3 aromatic rings. The molecule has 0 aliphatic heterocycles. The quantitative estimate of drug-likeness (QED) is 0.515. The number of nitrogens with two attached hydrogens (primary N) is 2. The first-order valence-corrected chi connectivity index (χ1v) is 8.55. The van der Waals surface area contributed by atoms with Gasteiger partial charge in [0.2, 0.25) is 0 Å². The van der Waals surface area contributed by atoms with E-state index in [-0.39, 0.29) is 39.8 Å². The van der Waals surface area contributed by atoms with E-state index in [4.69, 9.17) is 21.2 Å². The van der Waals surface area contributed by atoms with Crippen molar-refractivity contribution in [1.82, 2.24) is 14.8 Å². The number of aryl methyl sites for hydroxylation is 1. The van der Waals surface area contributed by atoms with Crippen molar-refractivity contribution in [2.45, 2.75) is 13.0 Å². The largest absolute Gasteiger partial charge is 0.482 e. The Morgan fingerprint density at radius 3 is 2.73 bits per heavy atom. The van der Waals surface area contributed by atoms with Crippen molar-refractivity contribution in [3.05, 3.63) is 53.2 Å². The van der Waals surface area contributed by atoms with Crippen molar-refractivity contribution in [2.24, 2.45) is 12.9 Å². The van der Waals surface area contributed by atoms with Crippen LogP contribution >= 0.6 is 0 Å². The lowest BCUT2D eigenvalue weighted by atomic mass is 10.0. The van der Waals surface area contributed by atoms with E-state index in [2.05, 4.69) is 10.1 Å². The number of carboxylic acids is 1. The topological polar surface area (TPSA) is 162 Å². The molecule has 0 fully saturated rings. The van der Waals surface area contributed by atoms with Crippen LogP contribution in [0.25, 0.3) is 11.1 Å². The summed E-state index contributed by atoms with van der Waals surface area (Å²) in [6.07, 6.45) is 0.565. The molecule has 1 unspecified atom stereocenters. The lowest BCUT2D eigenvalue weighted by Gasteiger charge is -2.18. The van der Waals surface area contributed by atoms with E-state index in [0.717, 1.165) is 4.68 Å². The molecule has 1 atom stereocenters. The Morgan fingerprint density at radius 1 is 1.37 bits per heavy atom. The number of nitriles is 1. The fourth-order valence-electron chi connectivity index (χ4n) is 2.96. The Labute approximate surface area is 170 Å². The number of rotatable bonds is 6. The lowest BCUT2D eigenvalue weighted by molar-refractivity contribution is 0.0690. The van der Waals surface area contributed by atoms with E-state index < -0.39 is 17.9 Å². The van der Waals surface area contributed by atoms with Crippen LogP contribution in [0.4, 0.5) is 10.2 Å². The number of ether oxygens (including phenoxy) is 1. The van der Waals surface area contributed by atoms with E-state index in [1.54, 1.807) is 6.92 Å². The number of anilines is 1. The second kappa shape index (κ2) is 8.06. The molecular formula is C19H17FN6O4. The maximum absolute atomic E-state index is 13.7. The van der Waals surface area contributed by atoms with E-state index in [0.29, 0.717) is 5.56 Å². The molecule has 154 valence electrons. The second-order valence-electron chi connectivity index (χ2n) is 6.28. The van der Waals surface area contributed by atoms with Gasteiger partial charge in [-0.15, -0.1) is 0 Å². The van der Waals surface area contributed by atoms with Crippen molar-refractivity contribution < 1.29 is 23.9 Å². The molecule has 0 saturated heterocycles. The minimum atomic E-state index is -1.31. The summed E-state index contributed by atoms with van der Waals surface area (Å²) in [5, 5.41) is 22.7. The van der Waals surface area contributed by atoms with Gasteiger partial charge in [0, 0.05) is 24.4 Å². The smallest absolute Gasteiger partial charge is 0.357 e. The molecule has 3 rings (SSSR count). The lowest BCUT2D eigenvalue weighted by Crippen LogP contribution is -2.11. The van der Waals surface area contributed by atoms with Gasteiger partial charge in [0.25, 0.3) is 0 Å². The van der Waals surface area contributed by atoms with Crippen molar-refractivity contribution in [1.29, 1.82) is 5.26 Å². The van der Waals surface area contributed by atoms with Crippen LogP contribution in [0.15, 0.2) is 30.5 Å². The molecule has 1 aromatic carbocycles. The van der Waals surface area contributed by atoms with Gasteiger partial charge in [-0.1, -0.05) is 0 Å². The number of pyridine rings is 1. The molecule has 0 spiro atoms. The zero-order valence-electron chi connectivity index (χ0n) is 16.0. The SMILES string of the molecule is CC(Oc1cc(-c2c(C(=O)O)nn(C)c2C#N)cnc1N)c1cc(F)ccc1ON. The standard InChI is InChI=1S/C19H17FN6O4/c1-9(12-6-11(20)3-4-14(12)30-23)29-15-5-10(8-24-18(15)22)16-13(7-21)26(2)25-17(16)19(27)28/h3-6,8-9H,23H2,1-2H3,(H2,22,24)(H,27,28). The first-order chi connectivity index (χ1) is 14.3. The van der Waals surface area contributed by atoms with Crippen molar-refractivity contribution in [3.63, 3.8) is 0 Å². The summed E-state index contributed by atoms with van der Waals surface area (Å²) >= 11 is 0. The Kier molecular flexibility index (Phi) is 5.52. The Balaban J connectivity index is 2.05. The molecule has 0 amide bonds. The van der Waals surface area contributed by atoms with Crippen LogP contribution in [-0.2, 0) is 7.05 Å². The van der Waals surface area contributed by atoms with Gasteiger partial charge >= 0.3 is 5.97 Å². The predicted molar refractivity (Wildman–Crippen MR) is 103 cm³/mol. The van der Waals surface area contributed by atoms with Gasteiger partial charge in [-0.3, -0.25) is 4.68 Å². The molecular weight excluding hydrogens is 395 g/mol. The molecule has 30 heavy (non-hydrogen) atoms. The number of aromatic carboxylic acids is 1. The molecule has 0 bridgehead atoms. The highest BCUT2D eigenvalue weighted by Crippen LogP contribution is 2.35. The number of hydrogen-bond acceptors (Lipinski definition) is 8. The van der Waals surface area contributed by atoms with Crippen molar-refractivity contribution >= 4 is 11.8 Å². The number of carboxylic acid groups (broad SMARTS) is 1. The third-order valence-corrected chi connectivity index (χ3v) is 4.37. The van der Waals surface area contributed by atoms with Crippen LogP contribution in [0.3, 0.4) is 0 Å². The number of nitrogen functional groups attached to an aromatic ring is 1.